The molecule has 0 radical (unpaired) electrons. The lowest BCUT2D eigenvalue weighted by atomic mass is 10.1. The first kappa shape index (κ1) is 28.1. The second-order valence-corrected chi connectivity index (χ2v) is 11.2. The number of unbranched alkanes of at least 4 members (excludes halogenated alkanes) is 1. The zero-order chi connectivity index (χ0) is 28.0. The molecule has 0 aliphatic heterocycles. The first-order valence-electron chi connectivity index (χ1n) is 12.9. The van der Waals surface area contributed by atoms with E-state index in [4.69, 9.17) is 9.84 Å². The third-order valence-electron chi connectivity index (χ3n) is 6.50. The van der Waals surface area contributed by atoms with E-state index >= 15 is 0 Å². The minimum atomic E-state index is -3.92. The summed E-state index contributed by atoms with van der Waals surface area (Å²) in [5.41, 5.74) is 4.24. The smallest absolute Gasteiger partial charge is 0.243 e. The van der Waals surface area contributed by atoms with Crippen molar-refractivity contribution in [1.82, 2.24) is 14.1 Å². The van der Waals surface area contributed by atoms with Crippen LogP contribution < -0.4 is 10.1 Å². The van der Waals surface area contributed by atoms with Gasteiger partial charge in [0.05, 0.1) is 29.9 Å². The van der Waals surface area contributed by atoms with Crippen LogP contribution >= 0.6 is 0 Å². The van der Waals surface area contributed by atoms with E-state index < -0.39 is 15.9 Å². The minimum absolute atomic E-state index is 0.109. The third-order valence-corrected chi connectivity index (χ3v) is 8.36. The maximum atomic E-state index is 13.5. The van der Waals surface area contributed by atoms with Crippen LogP contribution in [0.1, 0.15) is 31.0 Å². The number of hydrogen-bond donors (Lipinski definition) is 1. The molecule has 0 fully saturated rings. The molecule has 4 aromatic rings. The van der Waals surface area contributed by atoms with Gasteiger partial charge in [0.2, 0.25) is 15.9 Å². The van der Waals surface area contributed by atoms with Crippen molar-refractivity contribution in [3.05, 3.63) is 90.1 Å². The van der Waals surface area contributed by atoms with Gasteiger partial charge in [0.25, 0.3) is 0 Å². The number of amides is 1. The topological polar surface area (TPSA) is 93.5 Å². The monoisotopic (exact) mass is 546 g/mol. The molecule has 1 amide bonds. The van der Waals surface area contributed by atoms with Gasteiger partial charge in [-0.3, -0.25) is 4.79 Å². The largest absolute Gasteiger partial charge is 0.497 e. The SMILES string of the molecule is CCCCN(CC(=O)Nc1c(-c2ccccc2)c(C)nn1-c1ccccc1C)S(=O)(=O)c1ccc(OC)cc1. The summed E-state index contributed by atoms with van der Waals surface area (Å²) in [6.07, 6.45) is 1.41. The number of methoxy groups -OCH3 is 1. The molecule has 4 rings (SSSR count). The van der Waals surface area contributed by atoms with Gasteiger partial charge in [-0.25, -0.2) is 13.1 Å². The molecule has 0 aliphatic rings. The lowest BCUT2D eigenvalue weighted by molar-refractivity contribution is -0.116. The fourth-order valence-electron chi connectivity index (χ4n) is 4.42. The van der Waals surface area contributed by atoms with Crippen molar-refractivity contribution >= 4 is 21.7 Å². The average molecular weight is 547 g/mol. The Morgan fingerprint density at radius 3 is 2.28 bits per heavy atom. The molecule has 0 spiro atoms. The fraction of sp³-hybridized carbons (Fsp3) is 0.267. The van der Waals surface area contributed by atoms with Crippen LogP contribution in [0.2, 0.25) is 0 Å². The Bertz CT molecular complexity index is 1530. The van der Waals surface area contributed by atoms with Crippen molar-refractivity contribution in [2.45, 2.75) is 38.5 Å². The van der Waals surface area contributed by atoms with Crippen LogP contribution in [0.3, 0.4) is 0 Å². The van der Waals surface area contributed by atoms with Gasteiger partial charge in [0.1, 0.15) is 11.6 Å². The van der Waals surface area contributed by atoms with Gasteiger partial charge in [-0.05, 0) is 61.7 Å². The molecule has 1 heterocycles. The van der Waals surface area contributed by atoms with Crippen molar-refractivity contribution in [3.8, 4) is 22.6 Å². The maximum Gasteiger partial charge on any atom is 0.243 e. The minimum Gasteiger partial charge on any atom is -0.497 e. The van der Waals surface area contributed by atoms with Crippen LogP contribution in [0.25, 0.3) is 16.8 Å². The molecular formula is C30H34N4O4S. The quantitative estimate of drug-likeness (QED) is 0.265. The number of carbonyl (C=O) groups is 1. The van der Waals surface area contributed by atoms with E-state index in [-0.39, 0.29) is 18.0 Å². The molecule has 1 N–H and O–H groups in total. The number of benzene rings is 3. The van der Waals surface area contributed by atoms with Gasteiger partial charge in [0, 0.05) is 12.1 Å². The fourth-order valence-corrected chi connectivity index (χ4v) is 5.85. The molecule has 3 aromatic carbocycles. The summed E-state index contributed by atoms with van der Waals surface area (Å²) in [6.45, 7) is 5.75. The first-order valence-corrected chi connectivity index (χ1v) is 14.3. The molecule has 0 unspecified atom stereocenters. The van der Waals surface area contributed by atoms with Crippen LogP contribution in [-0.2, 0) is 14.8 Å². The standard InChI is InChI=1S/C30H34N4O4S/c1-5-6-20-33(39(36,37)26-18-16-25(38-4)17-19-26)21-28(35)31-30-29(24-13-8-7-9-14-24)23(3)32-34(30)27-15-11-10-12-22(27)2/h7-19H,5-6,20-21H2,1-4H3,(H,31,35). The average Bonchev–Trinajstić information content (AvgIpc) is 3.26. The molecule has 39 heavy (non-hydrogen) atoms. The molecule has 9 heteroatoms. The van der Waals surface area contributed by atoms with Crippen molar-refractivity contribution in [2.24, 2.45) is 0 Å². The van der Waals surface area contributed by atoms with Crippen LogP contribution in [-0.4, -0.2) is 48.6 Å². The highest BCUT2D eigenvalue weighted by Gasteiger charge is 2.28. The molecule has 0 aliphatic carbocycles. The van der Waals surface area contributed by atoms with Crippen LogP contribution in [0.15, 0.2) is 83.8 Å². The predicted octanol–water partition coefficient (Wildman–Crippen LogP) is 5.59. The normalized spacial score (nSPS) is 11.5. The van der Waals surface area contributed by atoms with E-state index in [0.717, 1.165) is 34.5 Å². The highest BCUT2D eigenvalue weighted by Crippen LogP contribution is 2.34. The van der Waals surface area contributed by atoms with Crippen molar-refractivity contribution < 1.29 is 17.9 Å². The third kappa shape index (κ3) is 6.21. The Morgan fingerprint density at radius 1 is 0.974 bits per heavy atom. The molecule has 0 saturated carbocycles. The summed E-state index contributed by atoms with van der Waals surface area (Å²) in [5.74, 6) is 0.602. The zero-order valence-corrected chi connectivity index (χ0v) is 23.5. The molecule has 204 valence electrons. The molecule has 0 bridgehead atoms. The number of ether oxygens (including phenoxy) is 1. The predicted molar refractivity (Wildman–Crippen MR) is 154 cm³/mol. The second-order valence-electron chi connectivity index (χ2n) is 9.29. The Labute approximate surface area is 230 Å². The van der Waals surface area contributed by atoms with E-state index in [1.165, 1.54) is 23.5 Å². The number of sulfonamides is 1. The van der Waals surface area contributed by atoms with Gasteiger partial charge in [-0.15, -0.1) is 0 Å². The number of aromatic nitrogens is 2. The maximum absolute atomic E-state index is 13.5. The lowest BCUT2D eigenvalue weighted by Gasteiger charge is -2.22. The molecule has 0 atom stereocenters. The van der Waals surface area contributed by atoms with Gasteiger partial charge >= 0.3 is 0 Å². The number of anilines is 1. The van der Waals surface area contributed by atoms with E-state index in [1.54, 1.807) is 16.8 Å². The Balaban J connectivity index is 1.71. The summed E-state index contributed by atoms with van der Waals surface area (Å²) in [7, 11) is -2.39. The molecule has 8 nitrogen and oxygen atoms in total. The van der Waals surface area contributed by atoms with E-state index in [0.29, 0.717) is 18.0 Å². The van der Waals surface area contributed by atoms with Crippen molar-refractivity contribution in [3.63, 3.8) is 0 Å². The number of nitrogens with zero attached hydrogens (tertiary/aromatic N) is 3. The molecule has 1 aromatic heterocycles. The van der Waals surface area contributed by atoms with Crippen LogP contribution in [0, 0.1) is 13.8 Å². The van der Waals surface area contributed by atoms with E-state index in [1.807, 2.05) is 75.4 Å². The molecule has 0 saturated heterocycles. The number of rotatable bonds is 11. The van der Waals surface area contributed by atoms with Crippen molar-refractivity contribution in [1.29, 1.82) is 0 Å². The number of para-hydroxylation sites is 1. The highest BCUT2D eigenvalue weighted by molar-refractivity contribution is 7.89. The Morgan fingerprint density at radius 2 is 1.64 bits per heavy atom. The van der Waals surface area contributed by atoms with E-state index in [9.17, 15) is 13.2 Å². The summed E-state index contributed by atoms with van der Waals surface area (Å²) in [6, 6.07) is 23.7. The van der Waals surface area contributed by atoms with Crippen molar-refractivity contribution in [2.75, 3.05) is 25.5 Å². The lowest BCUT2D eigenvalue weighted by Crippen LogP contribution is -2.39. The Kier molecular flexibility index (Phi) is 8.83. The summed E-state index contributed by atoms with van der Waals surface area (Å²) >= 11 is 0. The van der Waals surface area contributed by atoms with Crippen LogP contribution in [0.5, 0.6) is 5.75 Å². The number of nitrogens with one attached hydrogen (secondary N) is 1. The van der Waals surface area contributed by atoms with Gasteiger partial charge in [0.15, 0.2) is 0 Å². The number of carbonyl (C=O) groups excluding carboxylic acids is 1. The van der Waals surface area contributed by atoms with Gasteiger partial charge < -0.3 is 10.1 Å². The summed E-state index contributed by atoms with van der Waals surface area (Å²) in [4.78, 5) is 13.7. The highest BCUT2D eigenvalue weighted by atomic mass is 32.2. The molecular weight excluding hydrogens is 512 g/mol. The Hall–Kier alpha value is -3.95. The first-order chi connectivity index (χ1) is 18.8. The van der Waals surface area contributed by atoms with Crippen LogP contribution in [0.4, 0.5) is 5.82 Å². The summed E-state index contributed by atoms with van der Waals surface area (Å²) in [5, 5.41) is 7.78. The van der Waals surface area contributed by atoms with Gasteiger partial charge in [-0.2, -0.15) is 9.40 Å². The number of hydrogen-bond acceptors (Lipinski definition) is 5. The summed E-state index contributed by atoms with van der Waals surface area (Å²) < 4.78 is 35.2. The zero-order valence-electron chi connectivity index (χ0n) is 22.7. The second kappa shape index (κ2) is 12.3. The van der Waals surface area contributed by atoms with E-state index in [2.05, 4.69) is 5.32 Å². The number of aryl methyl sites for hydroxylation is 2. The van der Waals surface area contributed by atoms with Gasteiger partial charge in [-0.1, -0.05) is 61.9 Å².